The van der Waals surface area contributed by atoms with E-state index in [1.165, 1.54) is 6.20 Å². The number of rotatable bonds is 6. The Balaban J connectivity index is 1.79. The second kappa shape index (κ2) is 7.52. The van der Waals surface area contributed by atoms with Crippen LogP contribution in [-0.2, 0) is 9.47 Å². The summed E-state index contributed by atoms with van der Waals surface area (Å²) >= 11 is 5.66. The second-order valence-electron chi connectivity index (χ2n) is 4.28. The zero-order valence-electron chi connectivity index (χ0n) is 10.8. The first-order valence-electron chi connectivity index (χ1n) is 6.37. The van der Waals surface area contributed by atoms with Crippen LogP contribution >= 0.6 is 11.6 Å². The summed E-state index contributed by atoms with van der Waals surface area (Å²) < 4.78 is 29.6. The molecule has 0 radical (unpaired) electrons. The quantitative estimate of drug-likeness (QED) is 0.597. The lowest BCUT2D eigenvalue weighted by Crippen LogP contribution is -2.24. The number of carbonyl (C=O) groups is 1. The fourth-order valence-corrected chi connectivity index (χ4v) is 1.98. The highest BCUT2D eigenvalue weighted by molar-refractivity contribution is 6.33. The van der Waals surface area contributed by atoms with Crippen molar-refractivity contribution in [2.45, 2.75) is 25.6 Å². The van der Waals surface area contributed by atoms with Crippen molar-refractivity contribution in [1.29, 1.82) is 0 Å². The Labute approximate surface area is 121 Å². The smallest absolute Gasteiger partial charge is 0.252 e. The second-order valence-corrected chi connectivity index (χ2v) is 4.66. The van der Waals surface area contributed by atoms with Gasteiger partial charge in [-0.3, -0.25) is 4.79 Å². The lowest BCUT2D eigenvalue weighted by Gasteiger charge is -2.22. The van der Waals surface area contributed by atoms with E-state index in [1.54, 1.807) is 0 Å². The molecular weight excluding hydrogens is 289 g/mol. The van der Waals surface area contributed by atoms with Gasteiger partial charge in [-0.2, -0.15) is 4.39 Å². The van der Waals surface area contributed by atoms with Crippen LogP contribution in [0.5, 0.6) is 5.88 Å². The van der Waals surface area contributed by atoms with E-state index in [4.69, 9.17) is 25.8 Å². The molecule has 2 heterocycles. The van der Waals surface area contributed by atoms with E-state index < -0.39 is 5.82 Å². The van der Waals surface area contributed by atoms with E-state index >= 15 is 0 Å². The van der Waals surface area contributed by atoms with Crippen molar-refractivity contribution in [3.63, 3.8) is 0 Å². The van der Waals surface area contributed by atoms with E-state index in [-0.39, 0.29) is 36.0 Å². The SMILES string of the molecule is O=Cc1cnc(OCCOC2CCCCO2)c(F)c1Cl. The maximum atomic E-state index is 13.7. The Bertz CT molecular complexity index is 466. The topological polar surface area (TPSA) is 57.7 Å². The standard InChI is InChI=1S/C13H15ClFNO4/c14-11-9(8-17)7-16-13(12(11)15)20-6-5-19-10-3-1-2-4-18-10/h7-8,10H,1-6H2. The lowest BCUT2D eigenvalue weighted by molar-refractivity contribution is -0.165. The van der Waals surface area contributed by atoms with Gasteiger partial charge in [-0.05, 0) is 19.3 Å². The summed E-state index contributed by atoms with van der Waals surface area (Å²) in [6.45, 7) is 1.09. The molecule has 20 heavy (non-hydrogen) atoms. The van der Waals surface area contributed by atoms with Gasteiger partial charge in [-0.15, -0.1) is 0 Å². The predicted octanol–water partition coefficient (Wildman–Crippen LogP) is 2.61. The zero-order valence-corrected chi connectivity index (χ0v) is 11.6. The van der Waals surface area contributed by atoms with Gasteiger partial charge in [-0.25, -0.2) is 4.98 Å². The molecule has 0 bridgehead atoms. The average molecular weight is 304 g/mol. The monoisotopic (exact) mass is 303 g/mol. The predicted molar refractivity (Wildman–Crippen MR) is 69.6 cm³/mol. The third-order valence-electron chi connectivity index (χ3n) is 2.85. The molecule has 1 fully saturated rings. The molecule has 1 aliphatic heterocycles. The van der Waals surface area contributed by atoms with Crippen molar-refractivity contribution >= 4 is 17.9 Å². The van der Waals surface area contributed by atoms with Crippen molar-refractivity contribution in [3.8, 4) is 5.88 Å². The van der Waals surface area contributed by atoms with E-state index in [0.717, 1.165) is 19.3 Å². The normalized spacial score (nSPS) is 18.8. The molecule has 1 saturated heterocycles. The number of carbonyl (C=O) groups excluding carboxylic acids is 1. The number of hydrogen-bond donors (Lipinski definition) is 0. The van der Waals surface area contributed by atoms with Crippen molar-refractivity contribution in [1.82, 2.24) is 4.98 Å². The Morgan fingerprint density at radius 1 is 1.50 bits per heavy atom. The number of ether oxygens (including phenoxy) is 3. The first-order valence-corrected chi connectivity index (χ1v) is 6.75. The summed E-state index contributed by atoms with van der Waals surface area (Å²) in [5, 5.41) is -0.290. The van der Waals surface area contributed by atoms with Gasteiger partial charge in [-0.1, -0.05) is 11.6 Å². The molecule has 1 aliphatic rings. The Morgan fingerprint density at radius 2 is 2.35 bits per heavy atom. The maximum Gasteiger partial charge on any atom is 0.252 e. The van der Waals surface area contributed by atoms with Gasteiger partial charge in [0.2, 0.25) is 5.82 Å². The first kappa shape index (κ1) is 15.2. The van der Waals surface area contributed by atoms with Crippen LogP contribution in [0, 0.1) is 5.82 Å². The van der Waals surface area contributed by atoms with Gasteiger partial charge < -0.3 is 14.2 Å². The van der Waals surface area contributed by atoms with Gasteiger partial charge in [0.25, 0.3) is 5.88 Å². The van der Waals surface area contributed by atoms with Gasteiger partial charge in [0.05, 0.1) is 17.2 Å². The third kappa shape index (κ3) is 3.88. The molecule has 0 aliphatic carbocycles. The zero-order chi connectivity index (χ0) is 14.4. The minimum absolute atomic E-state index is 0.0108. The molecule has 2 rings (SSSR count). The molecular formula is C13H15ClFNO4. The highest BCUT2D eigenvalue weighted by Gasteiger charge is 2.16. The fraction of sp³-hybridized carbons (Fsp3) is 0.538. The highest BCUT2D eigenvalue weighted by atomic mass is 35.5. The largest absolute Gasteiger partial charge is 0.473 e. The molecule has 1 aromatic heterocycles. The van der Waals surface area contributed by atoms with Crippen LogP contribution in [0.3, 0.4) is 0 Å². The highest BCUT2D eigenvalue weighted by Crippen LogP contribution is 2.24. The molecule has 1 aromatic rings. The number of aromatic nitrogens is 1. The van der Waals surface area contributed by atoms with Crippen molar-refractivity contribution in [3.05, 3.63) is 22.6 Å². The summed E-state index contributed by atoms with van der Waals surface area (Å²) in [6, 6.07) is 0. The Kier molecular flexibility index (Phi) is 5.70. The van der Waals surface area contributed by atoms with Crippen molar-refractivity contribution in [2.75, 3.05) is 19.8 Å². The number of halogens is 2. The van der Waals surface area contributed by atoms with Crippen LogP contribution in [0.2, 0.25) is 5.02 Å². The van der Waals surface area contributed by atoms with Gasteiger partial charge in [0, 0.05) is 12.8 Å². The number of nitrogens with zero attached hydrogens (tertiary/aromatic N) is 1. The summed E-state index contributed by atoms with van der Waals surface area (Å²) in [5.41, 5.74) is -0.0108. The Morgan fingerprint density at radius 3 is 3.05 bits per heavy atom. The van der Waals surface area contributed by atoms with Crippen molar-refractivity contribution < 1.29 is 23.4 Å². The summed E-state index contributed by atoms with van der Waals surface area (Å²) in [7, 11) is 0. The molecule has 0 amide bonds. The van der Waals surface area contributed by atoms with Crippen LogP contribution in [0.25, 0.3) is 0 Å². The van der Waals surface area contributed by atoms with E-state index in [2.05, 4.69) is 4.98 Å². The van der Waals surface area contributed by atoms with Gasteiger partial charge >= 0.3 is 0 Å². The van der Waals surface area contributed by atoms with Crippen LogP contribution < -0.4 is 4.74 Å². The molecule has 0 saturated carbocycles. The van der Waals surface area contributed by atoms with Gasteiger partial charge in [0.1, 0.15) is 6.61 Å². The molecule has 0 N–H and O–H groups in total. The molecule has 0 aromatic carbocycles. The molecule has 110 valence electrons. The minimum Gasteiger partial charge on any atom is -0.473 e. The Hall–Kier alpha value is -1.24. The lowest BCUT2D eigenvalue weighted by atomic mass is 10.2. The fourth-order valence-electron chi connectivity index (χ4n) is 1.81. The number of pyridine rings is 1. The van der Waals surface area contributed by atoms with E-state index in [0.29, 0.717) is 12.9 Å². The average Bonchev–Trinajstić information content (AvgIpc) is 2.49. The summed E-state index contributed by atoms with van der Waals surface area (Å²) in [4.78, 5) is 14.3. The molecule has 0 spiro atoms. The van der Waals surface area contributed by atoms with Crippen molar-refractivity contribution in [2.24, 2.45) is 0 Å². The third-order valence-corrected chi connectivity index (χ3v) is 3.23. The molecule has 1 atom stereocenters. The van der Waals surface area contributed by atoms with Gasteiger partial charge in [0.15, 0.2) is 12.6 Å². The first-order chi connectivity index (χ1) is 9.72. The van der Waals surface area contributed by atoms with Crippen LogP contribution in [0.15, 0.2) is 6.20 Å². The molecule has 7 heteroatoms. The van der Waals surface area contributed by atoms with Crippen LogP contribution in [-0.4, -0.2) is 37.4 Å². The summed E-state index contributed by atoms with van der Waals surface area (Å²) in [5.74, 6) is -1.08. The van der Waals surface area contributed by atoms with Crippen LogP contribution in [0.4, 0.5) is 4.39 Å². The van der Waals surface area contributed by atoms with Crippen LogP contribution in [0.1, 0.15) is 29.6 Å². The number of aldehydes is 1. The van der Waals surface area contributed by atoms with E-state index in [9.17, 15) is 9.18 Å². The molecule has 1 unspecified atom stereocenters. The maximum absolute atomic E-state index is 13.7. The minimum atomic E-state index is -0.842. The summed E-state index contributed by atoms with van der Waals surface area (Å²) in [6.07, 6.45) is 4.36. The molecule has 5 nitrogen and oxygen atoms in total. The number of hydrogen-bond acceptors (Lipinski definition) is 5. The van der Waals surface area contributed by atoms with E-state index in [1.807, 2.05) is 0 Å².